The van der Waals surface area contributed by atoms with Crippen LogP contribution >= 0.6 is 0 Å². The van der Waals surface area contributed by atoms with Crippen LogP contribution in [0.1, 0.15) is 45.8 Å². The van der Waals surface area contributed by atoms with Crippen molar-refractivity contribution in [2.75, 3.05) is 0 Å². The Morgan fingerprint density at radius 2 is 1.78 bits per heavy atom. The Morgan fingerprint density at radius 1 is 1.13 bits per heavy atom. The average molecular weight is 311 g/mol. The van der Waals surface area contributed by atoms with Crippen molar-refractivity contribution in [2.24, 2.45) is 5.92 Å². The molecule has 1 fully saturated rings. The number of amides is 1. The number of hydrogen-bond acceptors (Lipinski definition) is 4. The summed E-state index contributed by atoms with van der Waals surface area (Å²) in [6.45, 7) is 2.12. The average Bonchev–Trinajstić information content (AvgIpc) is 2.58. The van der Waals surface area contributed by atoms with E-state index in [1.54, 1.807) is 0 Å². The lowest BCUT2D eigenvalue weighted by molar-refractivity contribution is 0.0688. The molecule has 6 nitrogen and oxygen atoms in total. The molecule has 1 aliphatic carbocycles. The summed E-state index contributed by atoms with van der Waals surface area (Å²) in [6, 6.07) is 10.3. The lowest BCUT2D eigenvalue weighted by Gasteiger charge is -2.43. The van der Waals surface area contributed by atoms with E-state index in [9.17, 15) is 9.59 Å². The smallest absolute Gasteiger partial charge is 0.356 e. The largest absolute Gasteiger partial charge is 0.476 e. The zero-order chi connectivity index (χ0) is 16.4. The normalized spacial score (nSPS) is 22.9. The van der Waals surface area contributed by atoms with Gasteiger partial charge in [-0.3, -0.25) is 4.79 Å². The number of rotatable bonds is 4. The Bertz CT molecular complexity index is 716. The first-order chi connectivity index (χ1) is 11.1. The molecule has 2 aromatic rings. The molecule has 1 heterocycles. The Kier molecular flexibility index (Phi) is 4.06. The fourth-order valence-corrected chi connectivity index (χ4v) is 2.92. The molecule has 2 N–H and O–H groups in total. The Morgan fingerprint density at radius 3 is 2.35 bits per heavy atom. The minimum atomic E-state index is -1.16. The maximum absolute atomic E-state index is 12.2. The van der Waals surface area contributed by atoms with E-state index in [2.05, 4.69) is 34.3 Å². The monoisotopic (exact) mass is 311 g/mol. The van der Waals surface area contributed by atoms with E-state index in [4.69, 9.17) is 5.11 Å². The van der Waals surface area contributed by atoms with E-state index in [1.165, 1.54) is 11.8 Å². The number of aromatic carboxylic acids is 1. The second-order valence-corrected chi connectivity index (χ2v) is 5.78. The Balaban J connectivity index is 1.60. The van der Waals surface area contributed by atoms with Gasteiger partial charge in [-0.2, -0.15) is 0 Å². The number of carbonyl (C=O) groups excluding carboxylic acids is 1. The summed E-state index contributed by atoms with van der Waals surface area (Å²) in [6.07, 6.45) is 3.17. The van der Waals surface area contributed by atoms with E-state index in [1.807, 2.05) is 18.2 Å². The molecular formula is C17H17N3O3. The van der Waals surface area contributed by atoms with Crippen molar-refractivity contribution in [2.45, 2.75) is 25.3 Å². The van der Waals surface area contributed by atoms with Gasteiger partial charge in [-0.15, -0.1) is 0 Å². The molecule has 1 aromatic carbocycles. The van der Waals surface area contributed by atoms with E-state index < -0.39 is 5.97 Å². The molecule has 3 unspecified atom stereocenters. The zero-order valence-electron chi connectivity index (χ0n) is 12.6. The van der Waals surface area contributed by atoms with Crippen molar-refractivity contribution in [3.8, 4) is 0 Å². The van der Waals surface area contributed by atoms with Crippen LogP contribution in [0.3, 0.4) is 0 Å². The van der Waals surface area contributed by atoms with Gasteiger partial charge in [-0.05, 0) is 23.8 Å². The summed E-state index contributed by atoms with van der Waals surface area (Å²) in [4.78, 5) is 30.5. The van der Waals surface area contributed by atoms with E-state index >= 15 is 0 Å². The van der Waals surface area contributed by atoms with Gasteiger partial charge in [0.25, 0.3) is 5.91 Å². The summed E-state index contributed by atoms with van der Waals surface area (Å²) < 4.78 is 0. The highest BCUT2D eigenvalue weighted by atomic mass is 16.4. The third-order valence-corrected chi connectivity index (χ3v) is 4.43. The molecule has 3 rings (SSSR count). The highest BCUT2D eigenvalue weighted by Crippen LogP contribution is 2.42. The molecule has 0 spiro atoms. The number of carboxylic acids is 1. The van der Waals surface area contributed by atoms with E-state index in [0.29, 0.717) is 11.8 Å². The first kappa shape index (κ1) is 15.1. The highest BCUT2D eigenvalue weighted by molar-refractivity contribution is 5.93. The SMILES string of the molecule is CC1C(NC(=O)c2cnc(C(=O)O)cn2)CC1c1ccccc1. The van der Waals surface area contributed by atoms with Gasteiger partial charge in [-0.25, -0.2) is 14.8 Å². The fourth-order valence-electron chi connectivity index (χ4n) is 2.92. The van der Waals surface area contributed by atoms with Crippen LogP contribution in [0.5, 0.6) is 0 Å². The molecule has 1 amide bonds. The third kappa shape index (κ3) is 3.06. The Hall–Kier alpha value is -2.76. The molecule has 1 aromatic heterocycles. The van der Waals surface area contributed by atoms with Crippen LogP contribution in [0, 0.1) is 5.92 Å². The second kappa shape index (κ2) is 6.16. The maximum Gasteiger partial charge on any atom is 0.356 e. The molecule has 1 saturated carbocycles. The molecule has 0 radical (unpaired) electrons. The molecule has 1 aliphatic rings. The van der Waals surface area contributed by atoms with Crippen LogP contribution in [0.15, 0.2) is 42.7 Å². The number of hydrogen-bond donors (Lipinski definition) is 2. The lowest BCUT2D eigenvalue weighted by Crippen LogP contribution is -2.50. The number of nitrogens with one attached hydrogen (secondary N) is 1. The van der Waals surface area contributed by atoms with Crippen molar-refractivity contribution < 1.29 is 14.7 Å². The van der Waals surface area contributed by atoms with Gasteiger partial charge in [0.1, 0.15) is 5.69 Å². The molecule has 0 saturated heterocycles. The molecule has 23 heavy (non-hydrogen) atoms. The summed E-state index contributed by atoms with van der Waals surface area (Å²) >= 11 is 0. The first-order valence-electron chi connectivity index (χ1n) is 7.47. The van der Waals surface area contributed by atoms with Crippen LogP contribution in [0.25, 0.3) is 0 Å². The number of aromatic nitrogens is 2. The molecule has 0 aliphatic heterocycles. The molecular weight excluding hydrogens is 294 g/mol. The van der Waals surface area contributed by atoms with Gasteiger partial charge in [-0.1, -0.05) is 37.3 Å². The van der Waals surface area contributed by atoms with Crippen LogP contribution in [0.4, 0.5) is 0 Å². The van der Waals surface area contributed by atoms with Crippen LogP contribution in [-0.2, 0) is 0 Å². The molecule has 0 bridgehead atoms. The van der Waals surface area contributed by atoms with Crippen molar-refractivity contribution in [1.82, 2.24) is 15.3 Å². The quantitative estimate of drug-likeness (QED) is 0.902. The number of carbonyl (C=O) groups is 2. The first-order valence-corrected chi connectivity index (χ1v) is 7.47. The van der Waals surface area contributed by atoms with Crippen LogP contribution in [-0.4, -0.2) is 33.0 Å². The predicted molar refractivity (Wildman–Crippen MR) is 83.2 cm³/mol. The van der Waals surface area contributed by atoms with Gasteiger partial charge in [0.15, 0.2) is 5.69 Å². The predicted octanol–water partition coefficient (Wildman–Crippen LogP) is 2.10. The number of carboxylic acid groups (broad SMARTS) is 1. The van der Waals surface area contributed by atoms with Gasteiger partial charge >= 0.3 is 5.97 Å². The number of nitrogens with zero attached hydrogens (tertiary/aromatic N) is 2. The lowest BCUT2D eigenvalue weighted by atomic mass is 9.67. The van der Waals surface area contributed by atoms with Gasteiger partial charge in [0.2, 0.25) is 0 Å². The second-order valence-electron chi connectivity index (χ2n) is 5.78. The van der Waals surface area contributed by atoms with Gasteiger partial charge in [0, 0.05) is 6.04 Å². The van der Waals surface area contributed by atoms with Crippen molar-refractivity contribution in [3.63, 3.8) is 0 Å². The molecule has 118 valence electrons. The third-order valence-electron chi connectivity index (χ3n) is 4.43. The molecule has 6 heteroatoms. The van der Waals surface area contributed by atoms with Crippen molar-refractivity contribution in [1.29, 1.82) is 0 Å². The standard InChI is InChI=1S/C17H17N3O3/c1-10-12(11-5-3-2-4-6-11)7-13(10)20-16(21)14-8-19-15(9-18-14)17(22)23/h2-6,8-10,12-13H,7H2,1H3,(H,20,21)(H,22,23). The zero-order valence-corrected chi connectivity index (χ0v) is 12.6. The van der Waals surface area contributed by atoms with Crippen LogP contribution < -0.4 is 5.32 Å². The van der Waals surface area contributed by atoms with Gasteiger partial charge in [0.05, 0.1) is 12.4 Å². The Labute approximate surface area is 133 Å². The molecule has 3 atom stereocenters. The summed E-state index contributed by atoms with van der Waals surface area (Å²) in [7, 11) is 0. The van der Waals surface area contributed by atoms with Crippen molar-refractivity contribution in [3.05, 3.63) is 59.7 Å². The van der Waals surface area contributed by atoms with Crippen molar-refractivity contribution >= 4 is 11.9 Å². The fraction of sp³-hybridized carbons (Fsp3) is 0.294. The summed E-state index contributed by atoms with van der Waals surface area (Å²) in [5, 5.41) is 11.7. The van der Waals surface area contributed by atoms with E-state index in [-0.39, 0.29) is 23.3 Å². The minimum Gasteiger partial charge on any atom is -0.476 e. The maximum atomic E-state index is 12.2. The number of benzene rings is 1. The highest BCUT2D eigenvalue weighted by Gasteiger charge is 2.39. The topological polar surface area (TPSA) is 92.2 Å². The minimum absolute atomic E-state index is 0.0913. The van der Waals surface area contributed by atoms with E-state index in [0.717, 1.165) is 12.6 Å². The van der Waals surface area contributed by atoms with Gasteiger partial charge < -0.3 is 10.4 Å². The summed E-state index contributed by atoms with van der Waals surface area (Å²) in [5.41, 5.74) is 1.24. The van der Waals surface area contributed by atoms with Crippen LogP contribution in [0.2, 0.25) is 0 Å². The summed E-state index contributed by atoms with van der Waals surface area (Å²) in [5.74, 6) is -0.699.